The molecule has 1 atom stereocenters. The molecule has 0 aliphatic rings. The minimum atomic E-state index is -3.27. The van der Waals surface area contributed by atoms with Gasteiger partial charge in [-0.25, -0.2) is 28.1 Å². The van der Waals surface area contributed by atoms with Crippen LogP contribution in [0, 0.1) is 12.7 Å². The third-order valence-corrected chi connectivity index (χ3v) is 4.19. The lowest BCUT2D eigenvalue weighted by molar-refractivity contribution is 0.0136. The van der Waals surface area contributed by atoms with Crippen LogP contribution in [-0.4, -0.2) is 15.0 Å². The summed E-state index contributed by atoms with van der Waals surface area (Å²) >= 11 is 5.94. The summed E-state index contributed by atoms with van der Waals surface area (Å²) in [7, 11) is 0. The van der Waals surface area contributed by atoms with Gasteiger partial charge in [-0.15, -0.1) is 0 Å². The van der Waals surface area contributed by atoms with Crippen molar-refractivity contribution in [3.8, 4) is 0 Å². The van der Waals surface area contributed by atoms with Gasteiger partial charge in [0, 0.05) is 17.9 Å². The monoisotopic (exact) mass is 380 g/mol. The first-order valence-corrected chi connectivity index (χ1v) is 8.27. The van der Waals surface area contributed by atoms with Crippen molar-refractivity contribution in [3.63, 3.8) is 0 Å². The summed E-state index contributed by atoms with van der Waals surface area (Å²) < 4.78 is 41.8. The zero-order valence-corrected chi connectivity index (χ0v) is 15.1. The molecule has 8 heteroatoms. The molecular formula is C18H16ClF3N4. The SMILES string of the molecule is Cc1nc(N[C@H](C)c2cccc(C(C)(F)F)c2F)c2cc(Cl)ncc2n1. The Bertz CT molecular complexity index is 973. The molecule has 0 aliphatic carbocycles. The van der Waals surface area contributed by atoms with Crippen molar-refractivity contribution >= 4 is 28.3 Å². The Balaban J connectivity index is 2.03. The fourth-order valence-corrected chi connectivity index (χ4v) is 2.90. The van der Waals surface area contributed by atoms with Crippen LogP contribution in [0.1, 0.15) is 36.8 Å². The molecule has 0 saturated carbocycles. The van der Waals surface area contributed by atoms with Gasteiger partial charge < -0.3 is 5.32 Å². The number of benzene rings is 1. The van der Waals surface area contributed by atoms with Gasteiger partial charge in [0.25, 0.3) is 5.92 Å². The largest absolute Gasteiger partial charge is 0.363 e. The first-order chi connectivity index (χ1) is 12.2. The fraction of sp³-hybridized carbons (Fsp3) is 0.278. The molecule has 3 rings (SSSR count). The van der Waals surface area contributed by atoms with Crippen LogP contribution in [0.5, 0.6) is 0 Å². The maximum atomic E-state index is 14.6. The van der Waals surface area contributed by atoms with E-state index in [4.69, 9.17) is 11.6 Å². The van der Waals surface area contributed by atoms with E-state index in [1.807, 2.05) is 0 Å². The molecule has 136 valence electrons. The van der Waals surface area contributed by atoms with E-state index >= 15 is 0 Å². The summed E-state index contributed by atoms with van der Waals surface area (Å²) in [6, 6.07) is 4.95. The normalized spacial score (nSPS) is 13.0. The molecule has 0 amide bonds. The van der Waals surface area contributed by atoms with Gasteiger partial charge in [-0.2, -0.15) is 0 Å². The molecular weight excluding hydrogens is 365 g/mol. The molecule has 1 N–H and O–H groups in total. The Labute approximate surface area is 153 Å². The van der Waals surface area contributed by atoms with E-state index in [1.165, 1.54) is 18.3 Å². The molecule has 0 spiro atoms. The van der Waals surface area contributed by atoms with Crippen molar-refractivity contribution < 1.29 is 13.2 Å². The van der Waals surface area contributed by atoms with Crippen LogP contribution in [0.15, 0.2) is 30.5 Å². The number of anilines is 1. The van der Waals surface area contributed by atoms with Crippen LogP contribution in [0.3, 0.4) is 0 Å². The van der Waals surface area contributed by atoms with Crippen LogP contribution in [0.4, 0.5) is 19.0 Å². The Morgan fingerprint density at radius 3 is 2.65 bits per heavy atom. The second-order valence-corrected chi connectivity index (χ2v) is 6.49. The number of hydrogen-bond donors (Lipinski definition) is 1. The fourth-order valence-electron chi connectivity index (χ4n) is 2.74. The number of nitrogens with one attached hydrogen (secondary N) is 1. The zero-order chi connectivity index (χ0) is 19.1. The highest BCUT2D eigenvalue weighted by atomic mass is 35.5. The van der Waals surface area contributed by atoms with Gasteiger partial charge in [0.15, 0.2) is 0 Å². The van der Waals surface area contributed by atoms with Gasteiger partial charge in [0.05, 0.1) is 23.3 Å². The van der Waals surface area contributed by atoms with Crippen LogP contribution in [0.25, 0.3) is 10.9 Å². The highest BCUT2D eigenvalue weighted by molar-refractivity contribution is 6.30. The van der Waals surface area contributed by atoms with Crippen LogP contribution in [-0.2, 0) is 5.92 Å². The number of aromatic nitrogens is 3. The molecule has 0 unspecified atom stereocenters. The smallest absolute Gasteiger partial charge is 0.273 e. The summed E-state index contributed by atoms with van der Waals surface area (Å²) in [5, 5.41) is 3.94. The Morgan fingerprint density at radius 1 is 1.23 bits per heavy atom. The van der Waals surface area contributed by atoms with Crippen LogP contribution < -0.4 is 5.32 Å². The minimum absolute atomic E-state index is 0.119. The number of rotatable bonds is 4. The molecule has 1 aromatic carbocycles. The summed E-state index contributed by atoms with van der Waals surface area (Å²) in [6.07, 6.45) is 1.51. The number of alkyl halides is 2. The van der Waals surface area contributed by atoms with E-state index in [0.29, 0.717) is 29.5 Å². The number of pyridine rings is 1. The van der Waals surface area contributed by atoms with E-state index in [9.17, 15) is 13.2 Å². The van der Waals surface area contributed by atoms with Crippen LogP contribution in [0.2, 0.25) is 5.15 Å². The molecule has 0 fully saturated rings. The maximum absolute atomic E-state index is 14.6. The molecule has 2 heterocycles. The van der Waals surface area contributed by atoms with Gasteiger partial charge in [-0.05, 0) is 19.9 Å². The number of hydrogen-bond acceptors (Lipinski definition) is 4. The summed E-state index contributed by atoms with van der Waals surface area (Å²) in [5.74, 6) is -3.28. The van der Waals surface area contributed by atoms with Gasteiger partial charge >= 0.3 is 0 Å². The zero-order valence-electron chi connectivity index (χ0n) is 14.3. The van der Waals surface area contributed by atoms with Gasteiger partial charge in [-0.1, -0.05) is 29.8 Å². The predicted molar refractivity (Wildman–Crippen MR) is 95.1 cm³/mol. The second-order valence-electron chi connectivity index (χ2n) is 6.11. The topological polar surface area (TPSA) is 50.7 Å². The van der Waals surface area contributed by atoms with E-state index in [0.717, 1.165) is 6.07 Å². The molecule has 0 radical (unpaired) electrons. The lowest BCUT2D eigenvalue weighted by Crippen LogP contribution is -2.16. The Hall–Kier alpha value is -2.41. The first-order valence-electron chi connectivity index (χ1n) is 7.90. The van der Waals surface area contributed by atoms with E-state index < -0.39 is 23.3 Å². The van der Waals surface area contributed by atoms with Crippen LogP contribution >= 0.6 is 11.6 Å². The number of fused-ring (bicyclic) bond motifs is 1. The lowest BCUT2D eigenvalue weighted by Gasteiger charge is -2.20. The molecule has 2 aromatic heterocycles. The average molecular weight is 381 g/mol. The average Bonchev–Trinajstić information content (AvgIpc) is 2.54. The summed E-state index contributed by atoms with van der Waals surface area (Å²) in [6.45, 7) is 4.05. The second kappa shape index (κ2) is 6.72. The van der Waals surface area contributed by atoms with Crippen molar-refractivity contribution in [1.29, 1.82) is 0 Å². The first kappa shape index (κ1) is 18.4. The van der Waals surface area contributed by atoms with E-state index in [-0.39, 0.29) is 10.7 Å². The standard InChI is InChI=1S/C18H16ClF3N4/c1-9(11-5-4-6-13(16(11)20)18(3,21)22)24-17-12-7-15(19)23-8-14(12)25-10(2)26-17/h4-9H,1-3H3,(H,24,25,26)/t9-/m1/s1. The van der Waals surface area contributed by atoms with Gasteiger partial charge in [0.2, 0.25) is 0 Å². The van der Waals surface area contributed by atoms with E-state index in [1.54, 1.807) is 19.9 Å². The number of aryl methyl sites for hydroxylation is 1. The van der Waals surface area contributed by atoms with Gasteiger partial charge in [0.1, 0.15) is 22.6 Å². The third-order valence-electron chi connectivity index (χ3n) is 3.98. The highest BCUT2D eigenvalue weighted by Crippen LogP contribution is 2.33. The predicted octanol–water partition coefficient (Wildman–Crippen LogP) is 5.41. The minimum Gasteiger partial charge on any atom is -0.363 e. The molecule has 0 saturated heterocycles. The molecule has 4 nitrogen and oxygen atoms in total. The highest BCUT2D eigenvalue weighted by Gasteiger charge is 2.30. The molecule has 0 bridgehead atoms. The lowest BCUT2D eigenvalue weighted by atomic mass is 10.0. The molecule has 3 aromatic rings. The summed E-state index contributed by atoms with van der Waals surface area (Å²) in [5.41, 5.74) is 0.0547. The van der Waals surface area contributed by atoms with Crippen molar-refractivity contribution in [3.05, 3.63) is 58.4 Å². The number of nitrogens with zero attached hydrogens (tertiary/aromatic N) is 3. The Morgan fingerprint density at radius 2 is 1.96 bits per heavy atom. The third kappa shape index (κ3) is 3.58. The number of halogens is 4. The van der Waals surface area contributed by atoms with Gasteiger partial charge in [-0.3, -0.25) is 0 Å². The molecule has 0 aliphatic heterocycles. The van der Waals surface area contributed by atoms with Crippen molar-refractivity contribution in [2.75, 3.05) is 5.32 Å². The Kier molecular flexibility index (Phi) is 4.75. The van der Waals surface area contributed by atoms with E-state index in [2.05, 4.69) is 20.3 Å². The van der Waals surface area contributed by atoms with Crippen molar-refractivity contribution in [2.45, 2.75) is 32.7 Å². The van der Waals surface area contributed by atoms with Crippen molar-refractivity contribution in [2.24, 2.45) is 0 Å². The maximum Gasteiger partial charge on any atom is 0.273 e. The van der Waals surface area contributed by atoms with Crippen molar-refractivity contribution in [1.82, 2.24) is 15.0 Å². The molecule has 26 heavy (non-hydrogen) atoms. The summed E-state index contributed by atoms with van der Waals surface area (Å²) in [4.78, 5) is 12.6. The quantitative estimate of drug-likeness (QED) is 0.615.